The van der Waals surface area contributed by atoms with Gasteiger partial charge in [0, 0.05) is 25.0 Å². The molecule has 0 heterocycles. The molecule has 5 nitrogen and oxygen atoms in total. The summed E-state index contributed by atoms with van der Waals surface area (Å²) in [7, 11) is 1.52. The van der Waals surface area contributed by atoms with E-state index in [-0.39, 0.29) is 5.57 Å². The predicted molar refractivity (Wildman–Crippen MR) is 97.1 cm³/mol. The normalized spacial score (nSPS) is 10.9. The van der Waals surface area contributed by atoms with Crippen molar-refractivity contribution in [3.05, 3.63) is 35.0 Å². The maximum atomic E-state index is 12.3. The molecule has 0 atom stereocenters. The lowest BCUT2D eigenvalue weighted by Crippen LogP contribution is -2.23. The minimum Gasteiger partial charge on any atom is -0.495 e. The molecule has 0 spiro atoms. The number of nitriles is 1. The van der Waals surface area contributed by atoms with Gasteiger partial charge in [0.1, 0.15) is 17.4 Å². The van der Waals surface area contributed by atoms with Gasteiger partial charge in [0.15, 0.2) is 0 Å². The minimum atomic E-state index is -0.448. The number of amides is 1. The molecule has 1 amide bonds. The number of rotatable bonds is 9. The standard InChI is InChI=1S/C18H24ClN3O2/c1-4-6-10-22(9-5-2)13-14(12-20)18(23)21-15-7-8-17(24-3)16(19)11-15/h7-8,11,13H,4-6,9-10H2,1-3H3,(H,21,23)/b14-13-. The molecular formula is C18H24ClN3O2. The second kappa shape index (κ2) is 10.6. The van der Waals surface area contributed by atoms with Gasteiger partial charge in [-0.1, -0.05) is 31.9 Å². The molecular weight excluding hydrogens is 326 g/mol. The van der Waals surface area contributed by atoms with Gasteiger partial charge >= 0.3 is 0 Å². The first-order valence-electron chi connectivity index (χ1n) is 8.06. The lowest BCUT2D eigenvalue weighted by atomic mass is 10.2. The Labute approximate surface area is 148 Å². The summed E-state index contributed by atoms with van der Waals surface area (Å²) >= 11 is 6.05. The van der Waals surface area contributed by atoms with E-state index < -0.39 is 5.91 Å². The summed E-state index contributed by atoms with van der Waals surface area (Å²) < 4.78 is 5.08. The summed E-state index contributed by atoms with van der Waals surface area (Å²) in [5, 5.41) is 12.4. The molecule has 0 fully saturated rings. The Hall–Kier alpha value is -2.19. The van der Waals surface area contributed by atoms with Crippen molar-refractivity contribution in [1.29, 1.82) is 5.26 Å². The number of anilines is 1. The highest BCUT2D eigenvalue weighted by Gasteiger charge is 2.12. The number of benzene rings is 1. The number of ether oxygens (including phenoxy) is 1. The Bertz CT molecular complexity index is 623. The van der Waals surface area contributed by atoms with E-state index in [1.165, 1.54) is 7.11 Å². The number of carbonyl (C=O) groups is 1. The van der Waals surface area contributed by atoms with E-state index in [0.29, 0.717) is 16.5 Å². The Morgan fingerprint density at radius 2 is 2.12 bits per heavy atom. The van der Waals surface area contributed by atoms with Crippen molar-refractivity contribution < 1.29 is 9.53 Å². The van der Waals surface area contributed by atoms with Crippen LogP contribution in [-0.4, -0.2) is 31.0 Å². The summed E-state index contributed by atoms with van der Waals surface area (Å²) in [6.45, 7) is 5.82. The molecule has 0 aromatic heterocycles. The van der Waals surface area contributed by atoms with E-state index >= 15 is 0 Å². The first-order valence-corrected chi connectivity index (χ1v) is 8.44. The SMILES string of the molecule is CCCCN(/C=C(/C#N)C(=O)Nc1ccc(OC)c(Cl)c1)CCC. The highest BCUT2D eigenvalue weighted by Crippen LogP contribution is 2.27. The van der Waals surface area contributed by atoms with Crippen LogP contribution in [0, 0.1) is 11.3 Å². The van der Waals surface area contributed by atoms with Crippen molar-refractivity contribution in [3.63, 3.8) is 0 Å². The molecule has 0 saturated carbocycles. The minimum absolute atomic E-state index is 0.0755. The number of hydrogen-bond donors (Lipinski definition) is 1. The molecule has 1 aromatic carbocycles. The third kappa shape index (κ3) is 6.13. The van der Waals surface area contributed by atoms with Gasteiger partial charge < -0.3 is 15.0 Å². The van der Waals surface area contributed by atoms with Crippen molar-refractivity contribution in [2.45, 2.75) is 33.1 Å². The monoisotopic (exact) mass is 349 g/mol. The van der Waals surface area contributed by atoms with Crippen LogP contribution in [0.2, 0.25) is 5.02 Å². The first kappa shape index (κ1) is 19.9. The summed E-state index contributed by atoms with van der Waals surface area (Å²) in [6, 6.07) is 6.91. The molecule has 0 aliphatic carbocycles. The summed E-state index contributed by atoms with van der Waals surface area (Å²) in [6.07, 6.45) is 4.67. The van der Waals surface area contributed by atoms with Crippen LogP contribution in [0.3, 0.4) is 0 Å². The fourth-order valence-corrected chi connectivity index (χ4v) is 2.41. The molecule has 6 heteroatoms. The van der Waals surface area contributed by atoms with Crippen LogP contribution in [-0.2, 0) is 4.79 Å². The van der Waals surface area contributed by atoms with Crippen molar-refractivity contribution >= 4 is 23.2 Å². The molecule has 0 radical (unpaired) electrons. The summed E-state index contributed by atoms with van der Waals surface area (Å²) in [5.41, 5.74) is 0.592. The Kier molecular flexibility index (Phi) is 8.74. The first-order chi connectivity index (χ1) is 11.5. The third-order valence-electron chi connectivity index (χ3n) is 3.40. The van der Waals surface area contributed by atoms with Crippen molar-refractivity contribution in [2.75, 3.05) is 25.5 Å². The number of nitrogens with one attached hydrogen (secondary N) is 1. The number of nitrogens with zero attached hydrogens (tertiary/aromatic N) is 2. The van der Waals surface area contributed by atoms with Crippen LogP contribution in [0.4, 0.5) is 5.69 Å². The van der Waals surface area contributed by atoms with Gasteiger partial charge in [-0.25, -0.2) is 0 Å². The summed E-state index contributed by atoms with van der Waals surface area (Å²) in [4.78, 5) is 14.3. The van der Waals surface area contributed by atoms with Crippen LogP contribution < -0.4 is 10.1 Å². The fourth-order valence-electron chi connectivity index (χ4n) is 2.15. The van der Waals surface area contributed by atoms with E-state index in [4.69, 9.17) is 16.3 Å². The second-order valence-electron chi connectivity index (χ2n) is 5.35. The molecule has 0 saturated heterocycles. The number of methoxy groups -OCH3 is 1. The van der Waals surface area contributed by atoms with Gasteiger partial charge in [-0.15, -0.1) is 0 Å². The summed E-state index contributed by atoms with van der Waals surface area (Å²) in [5.74, 6) is 0.0794. The highest BCUT2D eigenvalue weighted by atomic mass is 35.5. The van der Waals surface area contributed by atoms with Gasteiger partial charge in [-0.3, -0.25) is 4.79 Å². The van der Waals surface area contributed by atoms with Gasteiger partial charge in [-0.2, -0.15) is 5.26 Å². The van der Waals surface area contributed by atoms with E-state index in [0.717, 1.165) is 32.4 Å². The van der Waals surface area contributed by atoms with Gasteiger partial charge in [-0.05, 0) is 31.0 Å². The van der Waals surface area contributed by atoms with E-state index in [2.05, 4.69) is 19.2 Å². The number of halogens is 1. The van der Waals surface area contributed by atoms with Gasteiger partial charge in [0.05, 0.1) is 12.1 Å². The van der Waals surface area contributed by atoms with Crippen LogP contribution in [0.15, 0.2) is 30.0 Å². The second-order valence-corrected chi connectivity index (χ2v) is 5.75. The third-order valence-corrected chi connectivity index (χ3v) is 3.69. The zero-order valence-electron chi connectivity index (χ0n) is 14.4. The number of carbonyl (C=O) groups excluding carboxylic acids is 1. The lowest BCUT2D eigenvalue weighted by Gasteiger charge is -2.19. The average molecular weight is 350 g/mol. The maximum Gasteiger partial charge on any atom is 0.267 e. The van der Waals surface area contributed by atoms with E-state index in [9.17, 15) is 10.1 Å². The average Bonchev–Trinajstić information content (AvgIpc) is 2.57. The molecule has 130 valence electrons. The van der Waals surface area contributed by atoms with Gasteiger partial charge in [0.25, 0.3) is 5.91 Å². The largest absolute Gasteiger partial charge is 0.495 e. The van der Waals surface area contributed by atoms with Crippen LogP contribution in [0.5, 0.6) is 5.75 Å². The van der Waals surface area contributed by atoms with Gasteiger partial charge in [0.2, 0.25) is 0 Å². The van der Waals surface area contributed by atoms with Crippen molar-refractivity contribution in [3.8, 4) is 11.8 Å². The molecule has 0 bridgehead atoms. The lowest BCUT2D eigenvalue weighted by molar-refractivity contribution is -0.112. The van der Waals surface area contributed by atoms with Crippen LogP contribution in [0.25, 0.3) is 0 Å². The topological polar surface area (TPSA) is 65.4 Å². The molecule has 0 aliphatic heterocycles. The number of hydrogen-bond acceptors (Lipinski definition) is 4. The van der Waals surface area contributed by atoms with Crippen LogP contribution >= 0.6 is 11.6 Å². The molecule has 0 aliphatic rings. The molecule has 1 aromatic rings. The zero-order chi connectivity index (χ0) is 17.9. The molecule has 1 N–H and O–H groups in total. The quantitative estimate of drug-likeness (QED) is 0.535. The zero-order valence-corrected chi connectivity index (χ0v) is 15.2. The highest BCUT2D eigenvalue weighted by molar-refractivity contribution is 6.32. The molecule has 1 rings (SSSR count). The Balaban J connectivity index is 2.86. The Morgan fingerprint density at radius 3 is 2.67 bits per heavy atom. The Morgan fingerprint density at radius 1 is 1.38 bits per heavy atom. The number of unbranched alkanes of at least 4 members (excludes halogenated alkanes) is 1. The van der Waals surface area contributed by atoms with Crippen molar-refractivity contribution in [1.82, 2.24) is 4.90 Å². The van der Waals surface area contributed by atoms with E-state index in [1.54, 1.807) is 24.4 Å². The van der Waals surface area contributed by atoms with Crippen molar-refractivity contribution in [2.24, 2.45) is 0 Å². The van der Waals surface area contributed by atoms with Crippen LogP contribution in [0.1, 0.15) is 33.1 Å². The van der Waals surface area contributed by atoms with E-state index in [1.807, 2.05) is 11.0 Å². The molecule has 0 unspecified atom stereocenters. The predicted octanol–water partition coefficient (Wildman–Crippen LogP) is 4.21. The smallest absolute Gasteiger partial charge is 0.267 e. The maximum absolute atomic E-state index is 12.3. The fraction of sp³-hybridized carbons (Fsp3) is 0.444. The molecule has 24 heavy (non-hydrogen) atoms.